The summed E-state index contributed by atoms with van der Waals surface area (Å²) in [5, 5.41) is 6.53. The van der Waals surface area contributed by atoms with Crippen molar-refractivity contribution in [3.8, 4) is 0 Å². The molecule has 0 heterocycles. The van der Waals surface area contributed by atoms with Gasteiger partial charge in [0.25, 0.3) is 0 Å². The molecule has 0 bridgehead atoms. The Balaban J connectivity index is 1.95. The fraction of sp³-hybridized carbons (Fsp3) is 0.600. The lowest BCUT2D eigenvalue weighted by Gasteiger charge is -2.25. The summed E-state index contributed by atoms with van der Waals surface area (Å²) in [5.41, 5.74) is 2.52. The van der Waals surface area contributed by atoms with Gasteiger partial charge in [-0.2, -0.15) is 0 Å². The number of benzene rings is 1. The summed E-state index contributed by atoms with van der Waals surface area (Å²) in [5.74, 6) is 1.33. The monoisotopic (exact) mass is 344 g/mol. The average molecular weight is 345 g/mol. The molecule has 1 fully saturated rings. The topological polar surface area (TPSA) is 56.7 Å². The third-order valence-electron chi connectivity index (χ3n) is 4.26. The van der Waals surface area contributed by atoms with E-state index < -0.39 is 0 Å². The normalized spacial score (nSPS) is 20.2. The molecule has 2 rings (SSSR count). The van der Waals surface area contributed by atoms with Crippen molar-refractivity contribution in [1.82, 2.24) is 15.5 Å². The lowest BCUT2D eigenvalue weighted by Crippen LogP contribution is -2.49. The van der Waals surface area contributed by atoms with Crippen LogP contribution in [-0.4, -0.2) is 48.5 Å². The summed E-state index contributed by atoms with van der Waals surface area (Å²) in [6.45, 7) is 11.1. The van der Waals surface area contributed by atoms with E-state index in [1.54, 1.807) is 0 Å². The number of amides is 1. The Morgan fingerprint density at radius 1 is 1.32 bits per heavy atom. The number of nitrogens with zero attached hydrogens (tertiary/aromatic N) is 2. The van der Waals surface area contributed by atoms with Crippen molar-refractivity contribution in [3.05, 3.63) is 35.4 Å². The first kappa shape index (κ1) is 19.3. The van der Waals surface area contributed by atoms with E-state index in [1.807, 2.05) is 39.6 Å². The number of rotatable bonds is 5. The molecule has 1 aromatic rings. The number of carbonyl (C=O) groups is 1. The van der Waals surface area contributed by atoms with Gasteiger partial charge >= 0.3 is 0 Å². The lowest BCUT2D eigenvalue weighted by atomic mass is 10.0. The minimum Gasteiger partial charge on any atom is -0.353 e. The fourth-order valence-corrected chi connectivity index (χ4v) is 3.04. The summed E-state index contributed by atoms with van der Waals surface area (Å²) in [6.07, 6.45) is 1.11. The maximum atomic E-state index is 12.2. The third kappa shape index (κ3) is 5.76. The van der Waals surface area contributed by atoms with Gasteiger partial charge in [-0.3, -0.25) is 9.79 Å². The highest BCUT2D eigenvalue weighted by atomic mass is 16.2. The molecular formula is C20H32N4O. The van der Waals surface area contributed by atoms with Crippen molar-refractivity contribution in [1.29, 1.82) is 0 Å². The Morgan fingerprint density at radius 3 is 2.60 bits per heavy atom. The van der Waals surface area contributed by atoms with Gasteiger partial charge in [-0.25, -0.2) is 0 Å². The number of guanidine groups is 1. The van der Waals surface area contributed by atoms with Crippen molar-refractivity contribution in [2.75, 3.05) is 20.1 Å². The highest BCUT2D eigenvalue weighted by molar-refractivity contribution is 5.87. The van der Waals surface area contributed by atoms with Crippen LogP contribution >= 0.6 is 0 Å². The lowest BCUT2D eigenvalue weighted by molar-refractivity contribution is -0.122. The number of hydrogen-bond acceptors (Lipinski definition) is 2. The number of aliphatic imine (C=N–C) groups is 1. The van der Waals surface area contributed by atoms with Gasteiger partial charge in [0, 0.05) is 31.1 Å². The largest absolute Gasteiger partial charge is 0.353 e. The second kappa shape index (κ2) is 7.89. The molecular weight excluding hydrogens is 312 g/mol. The number of hydrogen-bond donors (Lipinski definition) is 2. The molecule has 5 heteroatoms. The van der Waals surface area contributed by atoms with E-state index in [9.17, 15) is 4.79 Å². The zero-order valence-corrected chi connectivity index (χ0v) is 16.4. The van der Waals surface area contributed by atoms with Gasteiger partial charge < -0.3 is 15.5 Å². The van der Waals surface area contributed by atoms with Crippen molar-refractivity contribution >= 4 is 11.9 Å². The first-order chi connectivity index (χ1) is 11.7. The summed E-state index contributed by atoms with van der Waals surface area (Å²) < 4.78 is 0. The number of nitrogens with one attached hydrogen (secondary N) is 2. The molecule has 5 nitrogen and oxygen atoms in total. The van der Waals surface area contributed by atoms with Gasteiger partial charge in [0.2, 0.25) is 5.91 Å². The van der Waals surface area contributed by atoms with Crippen LogP contribution in [0.2, 0.25) is 0 Å². The third-order valence-corrected chi connectivity index (χ3v) is 4.26. The Kier molecular flexibility index (Phi) is 6.09. The summed E-state index contributed by atoms with van der Waals surface area (Å²) >= 11 is 0. The van der Waals surface area contributed by atoms with Gasteiger partial charge in [0.05, 0.1) is 6.54 Å². The highest BCUT2D eigenvalue weighted by Gasteiger charge is 2.40. The van der Waals surface area contributed by atoms with Gasteiger partial charge in [-0.1, -0.05) is 24.3 Å². The fourth-order valence-electron chi connectivity index (χ4n) is 3.04. The molecule has 1 aromatic carbocycles. The molecule has 0 radical (unpaired) electrons. The zero-order valence-electron chi connectivity index (χ0n) is 16.4. The maximum absolute atomic E-state index is 12.2. The van der Waals surface area contributed by atoms with E-state index in [-0.39, 0.29) is 11.4 Å². The van der Waals surface area contributed by atoms with Crippen LogP contribution < -0.4 is 10.6 Å². The van der Waals surface area contributed by atoms with Crippen LogP contribution in [-0.2, 0) is 4.79 Å². The van der Waals surface area contributed by atoms with Crippen molar-refractivity contribution < 1.29 is 4.79 Å². The molecule has 1 aliphatic carbocycles. The molecule has 1 aliphatic rings. The Morgan fingerprint density at radius 2 is 2.00 bits per heavy atom. The summed E-state index contributed by atoms with van der Waals surface area (Å²) in [4.78, 5) is 18.6. The van der Waals surface area contributed by atoms with E-state index >= 15 is 0 Å². The summed E-state index contributed by atoms with van der Waals surface area (Å²) in [6, 6.07) is 8.93. The van der Waals surface area contributed by atoms with Crippen LogP contribution in [0.3, 0.4) is 0 Å². The Hall–Kier alpha value is -2.04. The van der Waals surface area contributed by atoms with E-state index in [4.69, 9.17) is 0 Å². The minimum atomic E-state index is -0.222. The smallest absolute Gasteiger partial charge is 0.240 e. The first-order valence-corrected chi connectivity index (χ1v) is 9.10. The van der Waals surface area contributed by atoms with Crippen LogP contribution in [0.15, 0.2) is 29.3 Å². The summed E-state index contributed by atoms with van der Waals surface area (Å²) in [7, 11) is 1.91. The standard InChI is InChI=1S/C20H32N4O/c1-7-21-19(24(6)13-18(25)23-20(3,4)5)22-17-12-16(17)15-11-9-8-10-14(15)2/h8-11,16-17H,7,12-13H2,1-6H3,(H,21,22)(H,23,25). The minimum absolute atomic E-state index is 0.00635. The van der Waals surface area contributed by atoms with Crippen LogP contribution in [0.4, 0.5) is 0 Å². The molecule has 138 valence electrons. The van der Waals surface area contributed by atoms with Crippen LogP contribution in [0.5, 0.6) is 0 Å². The van der Waals surface area contributed by atoms with E-state index in [2.05, 4.69) is 46.8 Å². The predicted octanol–water partition coefficient (Wildman–Crippen LogP) is 2.66. The second-order valence-corrected chi connectivity index (χ2v) is 7.90. The van der Waals surface area contributed by atoms with E-state index in [1.165, 1.54) is 11.1 Å². The molecule has 0 spiro atoms. The second-order valence-electron chi connectivity index (χ2n) is 7.90. The Labute approximate surface area is 151 Å². The van der Waals surface area contributed by atoms with Gasteiger partial charge in [0.15, 0.2) is 5.96 Å². The molecule has 25 heavy (non-hydrogen) atoms. The molecule has 0 saturated heterocycles. The molecule has 0 aromatic heterocycles. The highest BCUT2D eigenvalue weighted by Crippen LogP contribution is 2.42. The maximum Gasteiger partial charge on any atom is 0.240 e. The van der Waals surface area contributed by atoms with Crippen LogP contribution in [0, 0.1) is 6.92 Å². The Bertz CT molecular complexity index is 633. The predicted molar refractivity (Wildman–Crippen MR) is 104 cm³/mol. The van der Waals surface area contributed by atoms with E-state index in [0.717, 1.165) is 12.4 Å². The van der Waals surface area contributed by atoms with Gasteiger partial charge in [0.1, 0.15) is 0 Å². The van der Waals surface area contributed by atoms with Crippen LogP contribution in [0.25, 0.3) is 0 Å². The van der Waals surface area contributed by atoms with Crippen molar-refractivity contribution in [3.63, 3.8) is 0 Å². The first-order valence-electron chi connectivity index (χ1n) is 9.10. The molecule has 2 N–H and O–H groups in total. The molecule has 2 atom stereocenters. The van der Waals surface area contributed by atoms with Crippen molar-refractivity contribution in [2.45, 2.75) is 58.5 Å². The molecule has 1 amide bonds. The zero-order chi connectivity index (χ0) is 18.6. The number of aryl methyl sites for hydroxylation is 1. The molecule has 2 unspecified atom stereocenters. The van der Waals surface area contributed by atoms with Gasteiger partial charge in [-0.15, -0.1) is 0 Å². The number of carbonyl (C=O) groups excluding carboxylic acids is 1. The van der Waals surface area contributed by atoms with Crippen molar-refractivity contribution in [2.24, 2.45) is 4.99 Å². The average Bonchev–Trinajstić information content (AvgIpc) is 3.24. The van der Waals surface area contributed by atoms with Gasteiger partial charge in [-0.05, 0) is 52.2 Å². The number of likely N-dealkylation sites (N-methyl/N-ethyl adjacent to an activating group) is 1. The molecule has 0 aliphatic heterocycles. The van der Waals surface area contributed by atoms with E-state index in [0.29, 0.717) is 25.0 Å². The molecule has 1 saturated carbocycles. The quantitative estimate of drug-likeness (QED) is 0.638. The van der Waals surface area contributed by atoms with Crippen LogP contribution in [0.1, 0.15) is 51.2 Å². The SMILES string of the molecule is CCN=C(NC1CC1c1ccccc1C)N(C)CC(=O)NC(C)(C)C.